The molecule has 0 fully saturated rings. The highest BCUT2D eigenvalue weighted by Crippen LogP contribution is 2.34. The van der Waals surface area contributed by atoms with Gasteiger partial charge in [0.2, 0.25) is 0 Å². The maximum Gasteiger partial charge on any atom is 0.259 e. The molecule has 2 unspecified atom stereocenters. The van der Waals surface area contributed by atoms with E-state index in [1.807, 2.05) is 76.2 Å². The zero-order valence-electron chi connectivity index (χ0n) is 22.7. The normalized spacial score (nSPS) is 20.2. The Balaban J connectivity index is 0.000000187. The van der Waals surface area contributed by atoms with E-state index in [-0.39, 0.29) is 11.1 Å². The monoisotopic (exact) mass is 506 g/mol. The van der Waals surface area contributed by atoms with Gasteiger partial charge in [0.15, 0.2) is 0 Å². The summed E-state index contributed by atoms with van der Waals surface area (Å²) in [7, 11) is 11.8. The van der Waals surface area contributed by atoms with Crippen LogP contribution >= 0.6 is 0 Å². The maximum absolute atomic E-state index is 11.9. The molecular formula is C30H32B2N2O4. The number of hydrogen-bond donors (Lipinski definition) is 2. The molecule has 2 N–H and O–H groups in total. The number of benzene rings is 2. The van der Waals surface area contributed by atoms with Crippen LogP contribution in [0, 0.1) is 0 Å². The van der Waals surface area contributed by atoms with Crippen molar-refractivity contribution in [3.8, 4) is 11.5 Å². The van der Waals surface area contributed by atoms with Crippen LogP contribution in [0.3, 0.4) is 0 Å². The molecule has 6 nitrogen and oxygen atoms in total. The maximum atomic E-state index is 11.9. The van der Waals surface area contributed by atoms with Crippen LogP contribution < -0.4 is 20.6 Å². The fourth-order valence-corrected chi connectivity index (χ4v) is 3.98. The summed E-state index contributed by atoms with van der Waals surface area (Å²) < 4.78 is 11.4. The number of H-pyrrole nitrogens is 2. The quantitative estimate of drug-likeness (QED) is 0.301. The minimum atomic E-state index is -0.871. The van der Waals surface area contributed by atoms with Gasteiger partial charge < -0.3 is 19.4 Å². The topological polar surface area (TPSA) is 84.2 Å². The van der Waals surface area contributed by atoms with Crippen LogP contribution in [0.2, 0.25) is 0 Å². The van der Waals surface area contributed by atoms with Crippen LogP contribution in [0.15, 0.2) is 70.3 Å². The van der Waals surface area contributed by atoms with Gasteiger partial charge in [-0.15, -0.1) is 0 Å². The molecule has 4 heterocycles. The number of para-hydroxylation sites is 2. The van der Waals surface area contributed by atoms with E-state index in [4.69, 9.17) is 25.2 Å². The largest absolute Gasteiger partial charge is 0.492 e. The predicted octanol–water partition coefficient (Wildman–Crippen LogP) is 5.69. The second-order valence-corrected chi connectivity index (χ2v) is 8.72. The Labute approximate surface area is 225 Å². The first-order valence-electron chi connectivity index (χ1n) is 12.8. The van der Waals surface area contributed by atoms with E-state index in [1.54, 1.807) is 38.2 Å². The van der Waals surface area contributed by atoms with E-state index in [0.29, 0.717) is 22.6 Å². The lowest BCUT2D eigenvalue weighted by molar-refractivity contribution is 0.226. The summed E-state index contributed by atoms with van der Waals surface area (Å²) in [6.45, 7) is 11.5. The number of nitrogens with one attached hydrogen (secondary N) is 2. The molecular weight excluding hydrogens is 474 g/mol. The van der Waals surface area contributed by atoms with Gasteiger partial charge in [-0.05, 0) is 50.3 Å². The van der Waals surface area contributed by atoms with Gasteiger partial charge in [0.25, 0.3) is 11.1 Å². The molecule has 2 aromatic heterocycles. The van der Waals surface area contributed by atoms with E-state index in [0.717, 1.165) is 21.8 Å². The first-order valence-corrected chi connectivity index (χ1v) is 12.8. The van der Waals surface area contributed by atoms with Crippen molar-refractivity contribution in [2.45, 2.75) is 52.5 Å². The van der Waals surface area contributed by atoms with Crippen molar-refractivity contribution in [3.05, 3.63) is 92.5 Å². The Hall–Kier alpha value is -3.93. The molecule has 38 heavy (non-hydrogen) atoms. The first-order chi connectivity index (χ1) is 18.1. The van der Waals surface area contributed by atoms with Crippen LogP contribution in [0.4, 0.5) is 0 Å². The molecule has 0 aliphatic carbocycles. The molecule has 0 saturated heterocycles. The van der Waals surface area contributed by atoms with Gasteiger partial charge >= 0.3 is 0 Å². The lowest BCUT2D eigenvalue weighted by Gasteiger charge is -2.28. The fraction of sp³-hybridized carbons (Fsp3) is 0.267. The third-order valence-electron chi connectivity index (χ3n) is 5.62. The Morgan fingerprint density at radius 3 is 1.34 bits per heavy atom. The van der Waals surface area contributed by atoms with Crippen molar-refractivity contribution in [3.63, 3.8) is 0 Å². The number of ether oxygens (including phenoxy) is 2. The molecule has 4 aromatic rings. The molecule has 192 valence electrons. The Morgan fingerprint density at radius 1 is 0.632 bits per heavy atom. The van der Waals surface area contributed by atoms with E-state index in [1.165, 1.54) is 0 Å². The van der Waals surface area contributed by atoms with Gasteiger partial charge in [-0.1, -0.05) is 64.1 Å². The summed E-state index contributed by atoms with van der Waals surface area (Å²) in [6, 6.07) is 15.0. The van der Waals surface area contributed by atoms with Crippen LogP contribution in [0.5, 0.6) is 11.5 Å². The lowest BCUT2D eigenvalue weighted by Crippen LogP contribution is -2.33. The predicted molar refractivity (Wildman–Crippen MR) is 159 cm³/mol. The number of hydrogen-bond acceptors (Lipinski definition) is 4. The van der Waals surface area contributed by atoms with Gasteiger partial charge in [0.1, 0.15) is 27.2 Å². The smallest absolute Gasteiger partial charge is 0.259 e. The summed E-state index contributed by atoms with van der Waals surface area (Å²) in [5, 5.41) is 1.73. The van der Waals surface area contributed by atoms with E-state index < -0.39 is 11.0 Å². The molecule has 2 aliphatic heterocycles. The second-order valence-electron chi connectivity index (χ2n) is 8.72. The average Bonchev–Trinajstić information content (AvgIpc) is 2.90. The van der Waals surface area contributed by atoms with Crippen molar-refractivity contribution in [1.82, 2.24) is 9.97 Å². The van der Waals surface area contributed by atoms with Gasteiger partial charge in [0, 0.05) is 10.8 Å². The summed E-state index contributed by atoms with van der Waals surface area (Å²) in [6.07, 6.45) is 6.78. The lowest BCUT2D eigenvalue weighted by atomic mass is 9.81. The third kappa shape index (κ3) is 5.96. The minimum absolute atomic E-state index is 0.162. The van der Waals surface area contributed by atoms with Gasteiger partial charge in [-0.2, -0.15) is 0 Å². The number of rotatable bonds is 0. The highest BCUT2D eigenvalue weighted by molar-refractivity contribution is 6.17. The van der Waals surface area contributed by atoms with Crippen LogP contribution in [-0.4, -0.2) is 36.7 Å². The number of fused-ring (bicyclic) bond motifs is 6. The van der Waals surface area contributed by atoms with Gasteiger partial charge in [0.05, 0.1) is 33.2 Å². The van der Waals surface area contributed by atoms with E-state index in [9.17, 15) is 9.59 Å². The number of aromatic amines is 2. The van der Waals surface area contributed by atoms with Crippen LogP contribution in [0.25, 0.3) is 34.0 Å². The van der Waals surface area contributed by atoms with Gasteiger partial charge in [-0.3, -0.25) is 9.59 Å². The molecule has 2 aromatic carbocycles. The highest BCUT2D eigenvalue weighted by Gasteiger charge is 2.25. The van der Waals surface area contributed by atoms with Crippen molar-refractivity contribution in [2.24, 2.45) is 0 Å². The highest BCUT2D eigenvalue weighted by atomic mass is 16.5. The molecule has 0 amide bonds. The van der Waals surface area contributed by atoms with Crippen LogP contribution in [-0.2, 0) is 0 Å². The number of aromatic nitrogens is 2. The molecule has 2 atom stereocenters. The Bertz CT molecular complexity index is 1490. The standard InChI is InChI=1S/2C13H10BNO2.2C2H6/c2*1-13(14)7-6-9-11(17-13)8-4-2-3-5-10(8)15-12(9)16;2*1-2/h2*2-7H,1H3,(H,15,16);2*1-2H3. The first kappa shape index (κ1) is 28.6. The van der Waals surface area contributed by atoms with Crippen molar-refractivity contribution >= 4 is 49.7 Å². The molecule has 0 spiro atoms. The summed E-state index contributed by atoms with van der Waals surface area (Å²) in [5.41, 5.74) is 0.478. The van der Waals surface area contributed by atoms with Gasteiger partial charge in [-0.25, -0.2) is 0 Å². The molecule has 0 bridgehead atoms. The zero-order valence-corrected chi connectivity index (χ0v) is 22.7. The number of pyridine rings is 2. The summed E-state index contributed by atoms with van der Waals surface area (Å²) >= 11 is 0. The molecule has 6 rings (SSSR count). The Morgan fingerprint density at radius 2 is 0.974 bits per heavy atom. The summed E-state index contributed by atoms with van der Waals surface area (Å²) in [4.78, 5) is 29.4. The van der Waals surface area contributed by atoms with E-state index in [2.05, 4.69) is 9.97 Å². The molecule has 0 saturated carbocycles. The minimum Gasteiger partial charge on any atom is -0.492 e. The van der Waals surface area contributed by atoms with Crippen molar-refractivity contribution in [2.75, 3.05) is 0 Å². The van der Waals surface area contributed by atoms with Crippen molar-refractivity contribution < 1.29 is 9.47 Å². The van der Waals surface area contributed by atoms with E-state index >= 15 is 0 Å². The SMILES string of the molecule is CC.CC.[B]C1(C)C=Cc2c(c3ccccc3[nH]c2=O)O1.[B]C1(C)C=Cc2c(c3ccccc3[nH]c2=O)O1. The second kappa shape index (κ2) is 11.6. The average molecular weight is 506 g/mol. The third-order valence-corrected chi connectivity index (χ3v) is 5.62. The zero-order chi connectivity index (χ0) is 28.1. The fourth-order valence-electron chi connectivity index (χ4n) is 3.98. The molecule has 2 aliphatic rings. The van der Waals surface area contributed by atoms with Crippen molar-refractivity contribution in [1.29, 1.82) is 0 Å². The Kier molecular flexibility index (Phi) is 8.77. The molecule has 8 heteroatoms. The summed E-state index contributed by atoms with van der Waals surface area (Å²) in [5.74, 6) is 1.11. The molecule has 4 radical (unpaired) electrons. The van der Waals surface area contributed by atoms with Crippen LogP contribution in [0.1, 0.15) is 52.7 Å².